The van der Waals surface area contributed by atoms with Crippen LogP contribution < -0.4 is 0 Å². The van der Waals surface area contributed by atoms with Gasteiger partial charge >= 0.3 is 11.9 Å². The van der Waals surface area contributed by atoms with E-state index >= 15 is 0 Å². The van der Waals surface area contributed by atoms with Crippen molar-refractivity contribution in [2.75, 3.05) is 0 Å². The van der Waals surface area contributed by atoms with Crippen LogP contribution in [0.25, 0.3) is 0 Å². The highest BCUT2D eigenvalue weighted by Gasteiger charge is 2.72. The Morgan fingerprint density at radius 2 is 0.821 bits per heavy atom. The normalized spacial score (nSPS) is 50.7. The minimum Gasteiger partial charge on any atom is -0.459 e. The van der Waals surface area contributed by atoms with Gasteiger partial charge in [-0.3, -0.25) is 19.2 Å². The second-order valence-electron chi connectivity index (χ2n) is 44.0. The zero-order chi connectivity index (χ0) is 77.6. The van der Waals surface area contributed by atoms with Crippen molar-refractivity contribution in [1.29, 1.82) is 0 Å². The second-order valence-corrected chi connectivity index (χ2v) is 49.7. The number of carbonyl (C=O) groups excluding carboxylic acids is 6. The minimum absolute atomic E-state index is 0.0491. The summed E-state index contributed by atoms with van der Waals surface area (Å²) in [6.45, 7) is 15.3. The van der Waals surface area contributed by atoms with Gasteiger partial charge in [0.25, 0.3) is 0 Å². The van der Waals surface area contributed by atoms with Gasteiger partial charge in [0.05, 0.1) is 20.4 Å². The smallest absolute Gasteiger partial charge is 0.338 e. The van der Waals surface area contributed by atoms with Gasteiger partial charge in [-0.25, -0.2) is 9.59 Å². The predicted molar refractivity (Wildman–Crippen MR) is 457 cm³/mol. The molecule has 20 aliphatic rings. The molecular weight excluding hydrogens is 1650 g/mol. The van der Waals surface area contributed by atoms with E-state index in [2.05, 4.69) is 117 Å². The van der Waals surface area contributed by atoms with Crippen LogP contribution in [0.4, 0.5) is 0 Å². The maximum Gasteiger partial charge on any atom is 0.338 e. The van der Waals surface area contributed by atoms with Crippen LogP contribution in [0, 0.1) is 174 Å². The molecule has 13 unspecified atom stereocenters. The number of ketones is 4. The highest BCUT2D eigenvalue weighted by Crippen LogP contribution is 2.77. The van der Waals surface area contributed by atoms with E-state index in [4.69, 9.17) is 9.47 Å². The molecule has 20 aliphatic carbocycles. The number of carbonyl (C=O) groups is 6. The zero-order valence-corrected chi connectivity index (χ0v) is 74.9. The van der Waals surface area contributed by atoms with Crippen LogP contribution in [0.2, 0.25) is 0 Å². The molecule has 112 heavy (non-hydrogen) atoms. The molecule has 2 aromatic carbocycles. The lowest BCUT2D eigenvalue weighted by Crippen LogP contribution is -2.54. The Hall–Kier alpha value is -2.54. The first kappa shape index (κ1) is 79.3. The van der Waals surface area contributed by atoms with Gasteiger partial charge in [-0.2, -0.15) is 0 Å². The van der Waals surface area contributed by atoms with Crippen molar-refractivity contribution in [2.45, 2.75) is 306 Å². The predicted octanol–water partition coefficient (Wildman–Crippen LogP) is 25.4. The van der Waals surface area contributed by atoms with Gasteiger partial charge in [0.15, 0.2) is 17.3 Å². The van der Waals surface area contributed by atoms with Gasteiger partial charge in [0.2, 0.25) is 0 Å². The first-order valence-corrected chi connectivity index (χ1v) is 49.7. The molecule has 0 amide bonds. The Morgan fingerprint density at radius 3 is 1.34 bits per heavy atom. The number of hydrogen-bond acceptors (Lipinski definition) is 8. The number of rotatable bonds is 4. The molecule has 18 saturated carbocycles. The fraction of sp³-hybridized carbons (Fsp3) is 0.780. The average molecular weight is 1780 g/mol. The van der Waals surface area contributed by atoms with Crippen molar-refractivity contribution in [3.63, 3.8) is 0 Å². The monoisotopic (exact) mass is 1780 g/mol. The van der Waals surface area contributed by atoms with Gasteiger partial charge in [-0.15, -0.1) is 0 Å². The molecule has 4 spiro atoms. The van der Waals surface area contributed by atoms with Crippen LogP contribution in [0.1, 0.15) is 306 Å². The molecule has 18 fully saturated rings. The summed E-state index contributed by atoms with van der Waals surface area (Å²) < 4.78 is 12.4. The number of fused-ring (bicyclic) bond motifs is 16. The third kappa shape index (κ3) is 12.4. The molecule has 0 bridgehead atoms. The Labute approximate surface area is 705 Å². The highest BCUT2D eigenvalue weighted by molar-refractivity contribution is 9.26. The molecule has 0 N–H and O–H groups in total. The molecule has 0 aromatic heterocycles. The van der Waals surface area contributed by atoms with Crippen LogP contribution in [0.3, 0.4) is 0 Å². The molecule has 33 atom stereocenters. The largest absolute Gasteiger partial charge is 0.459 e. The highest BCUT2D eigenvalue weighted by atomic mass is 79.9. The Balaban J connectivity index is 0.000000102. The third-order valence-corrected chi connectivity index (χ3v) is 43.3. The first-order chi connectivity index (χ1) is 53.7. The fourth-order valence-electron chi connectivity index (χ4n) is 35.4. The van der Waals surface area contributed by atoms with Gasteiger partial charge in [-0.05, 0) is 416 Å². The number of esters is 2. The van der Waals surface area contributed by atoms with E-state index in [1.807, 2.05) is 66.7 Å². The lowest BCUT2D eigenvalue weighted by molar-refractivity contribution is -0.134. The number of ether oxygens (including phenoxy) is 2. The summed E-state index contributed by atoms with van der Waals surface area (Å²) in [4.78, 5) is 76.2. The van der Waals surface area contributed by atoms with E-state index in [9.17, 15) is 28.8 Å². The second kappa shape index (κ2) is 29.4. The van der Waals surface area contributed by atoms with E-state index in [0.29, 0.717) is 102 Å². The minimum atomic E-state index is -0.488. The molecule has 8 nitrogen and oxygen atoms in total. The summed E-state index contributed by atoms with van der Waals surface area (Å²) in [6.07, 6.45) is 55.0. The lowest BCUT2D eigenvalue weighted by Gasteiger charge is -2.61. The molecule has 12 heteroatoms. The van der Waals surface area contributed by atoms with Crippen LogP contribution in [-0.2, 0) is 28.7 Å². The van der Waals surface area contributed by atoms with Crippen LogP contribution in [0.15, 0.2) is 83.4 Å². The molecule has 22 rings (SSSR count). The van der Waals surface area contributed by atoms with Gasteiger partial charge in [-0.1, -0.05) is 151 Å². The first-order valence-electron chi connectivity index (χ1n) is 46.4. The number of Topliss-reactive ketones (excluding diaryl/α,β-unsaturated/α-hetero) is 3. The summed E-state index contributed by atoms with van der Waals surface area (Å²) >= 11 is 14.8. The van der Waals surface area contributed by atoms with Crippen molar-refractivity contribution in [3.05, 3.63) is 94.5 Å². The van der Waals surface area contributed by atoms with E-state index in [-0.39, 0.29) is 45.7 Å². The SMILES string of the molecule is C[C@@H]1CC[C@]2(C)C3CC[C@]45C=C(Br)C(=O)[C@H]4CCC5C3CC[C@H]2C1.C[C@@H]1CC[C@]2(C)C3CC[C@]45C=CC(=O)[C@H]4CCC5C3CC[C@H]2C1.C[C@]12CC[C@@H](OC(=O)c3ccccc3)C[C@@H]1CCC1C3CC[C@@H]4C(=O)C(Br)(Br)C[C@]34CCC12.C[C@]12CC[C@@H](OC(=O)c3ccccc3)C[C@@H]1CCC1C3CC[C@@H]4C(=O)C(Br)C[C@]34CCC12. The number of halogens is 4. The van der Waals surface area contributed by atoms with E-state index < -0.39 is 3.23 Å². The fourth-order valence-corrected chi connectivity index (χ4v) is 38.7. The molecule has 0 radical (unpaired) electrons. The van der Waals surface area contributed by atoms with Crippen LogP contribution in [0.5, 0.6) is 0 Å². The zero-order valence-electron chi connectivity index (χ0n) is 68.6. The van der Waals surface area contributed by atoms with Crippen LogP contribution in [-0.4, -0.2) is 55.3 Å². The number of alkyl halides is 3. The number of allylic oxidation sites excluding steroid dienone is 4. The maximum atomic E-state index is 13.1. The molecule has 0 aliphatic heterocycles. The van der Waals surface area contributed by atoms with E-state index in [1.54, 1.807) is 0 Å². The quantitative estimate of drug-likeness (QED) is 0.219. The Kier molecular flexibility index (Phi) is 20.8. The standard InChI is InChI=1S/C28H34Br2O3.C28H35BrO3.C22H31BrO.C22H32O/c1-26-13-11-19(33-25(32)17-5-3-2-4-6-17)15-18(26)7-8-20-21(26)12-14-27-16-28(29,30)24(31)23(27)10-9-22(20)27;1-27-13-11-19(32-26(31)17-5-3-2-4-6-17)15-18(27)7-8-20-21(27)12-14-28-16-24(29)25(30)23(28)10-9-22(20)28;1-13-7-9-21(2)14(11-13)3-4-15-16(21)8-10-22-12-19(23)20(24)18(22)6-5-17(15)22;1-14-7-10-21(2)15(13-14)3-4-16-17(21)8-11-22-12-9-20(23)19(22)6-5-18(16)22/h2-6,18-23H,7-16H2,1H3;2-6,18-24H,7-16H2,1H3;12-18H,3-11H2,1-2H3;9,12,14-19H,3-8,10-11,13H2,1-2H3/t18-,19+,20?,21?,22?,23+,26-,27+;18-,19+,20?,21?,22?,23+,24?,27-,28+;13-,14+,15?,16?,17?,18-,21+,22-;14-,15+,16?,17?,18?,19-,21+,22-/m0011/s1. The van der Waals surface area contributed by atoms with Crippen molar-refractivity contribution in [3.8, 4) is 0 Å². The number of benzene rings is 2. The summed E-state index contributed by atoms with van der Waals surface area (Å²) in [7, 11) is 0. The van der Waals surface area contributed by atoms with Gasteiger partial charge < -0.3 is 9.47 Å². The van der Waals surface area contributed by atoms with Crippen molar-refractivity contribution in [1.82, 2.24) is 0 Å². The third-order valence-electron chi connectivity index (χ3n) is 40.6. The van der Waals surface area contributed by atoms with Gasteiger partial charge in [0.1, 0.15) is 21.2 Å². The molecule has 2 aromatic rings. The Bertz CT molecular complexity index is 4060. The summed E-state index contributed by atoms with van der Waals surface area (Å²) in [5.74, 6) is 17.7. The molecule has 0 saturated heterocycles. The van der Waals surface area contributed by atoms with Crippen molar-refractivity contribution in [2.24, 2.45) is 174 Å². The van der Waals surface area contributed by atoms with Crippen molar-refractivity contribution < 1.29 is 38.2 Å². The molecule has 0 heterocycles. The summed E-state index contributed by atoms with van der Waals surface area (Å²) in [5.41, 5.74) is 4.30. The summed E-state index contributed by atoms with van der Waals surface area (Å²) in [5, 5.41) is 0. The average Bonchev–Trinajstić information content (AvgIpc) is 1.51. The Morgan fingerprint density at radius 1 is 0.411 bits per heavy atom. The molecule has 608 valence electrons. The summed E-state index contributed by atoms with van der Waals surface area (Å²) in [6, 6.07) is 18.8. The van der Waals surface area contributed by atoms with Crippen LogP contribution >= 0.6 is 63.7 Å². The molecular formula is C100H132Br4O8. The van der Waals surface area contributed by atoms with E-state index in [1.165, 1.54) is 180 Å². The van der Waals surface area contributed by atoms with E-state index in [0.717, 1.165) is 157 Å². The number of hydrogen-bond donors (Lipinski definition) is 0. The lowest BCUT2D eigenvalue weighted by atomic mass is 9.44. The topological polar surface area (TPSA) is 121 Å². The van der Waals surface area contributed by atoms with Gasteiger partial charge in [0, 0.05) is 34.5 Å². The maximum absolute atomic E-state index is 13.1. The van der Waals surface area contributed by atoms with Crippen molar-refractivity contribution >= 4 is 98.8 Å².